The van der Waals surface area contributed by atoms with Crippen LogP contribution in [0.15, 0.2) is 24.3 Å². The summed E-state index contributed by atoms with van der Waals surface area (Å²) in [6.07, 6.45) is 1.35. The standard InChI is InChI=1S/C16H22FN3O.ClH/c17-14-3-1-2-13(10-14)11-16(21)20-7-4-15(12-20)19-8-5-18-6-9-19;/h1-3,10,15,18H,4-9,11-12H2;1H. The van der Waals surface area contributed by atoms with Crippen LogP contribution in [-0.4, -0.2) is 61.0 Å². The summed E-state index contributed by atoms with van der Waals surface area (Å²) in [7, 11) is 0. The minimum Gasteiger partial charge on any atom is -0.341 e. The molecule has 1 unspecified atom stereocenters. The van der Waals surface area contributed by atoms with Gasteiger partial charge in [-0.3, -0.25) is 9.69 Å². The topological polar surface area (TPSA) is 35.6 Å². The number of carbonyl (C=O) groups is 1. The van der Waals surface area contributed by atoms with Crippen LogP contribution in [0.2, 0.25) is 0 Å². The molecule has 1 amide bonds. The molecule has 0 spiro atoms. The van der Waals surface area contributed by atoms with Crippen LogP contribution in [0.1, 0.15) is 12.0 Å². The lowest BCUT2D eigenvalue weighted by atomic mass is 10.1. The van der Waals surface area contributed by atoms with Crippen molar-refractivity contribution in [2.24, 2.45) is 0 Å². The largest absolute Gasteiger partial charge is 0.341 e. The minimum atomic E-state index is -0.277. The van der Waals surface area contributed by atoms with Crippen molar-refractivity contribution < 1.29 is 9.18 Å². The summed E-state index contributed by atoms with van der Waals surface area (Å²) in [6.45, 7) is 5.84. The zero-order valence-electron chi connectivity index (χ0n) is 12.6. The second-order valence-electron chi connectivity index (χ2n) is 5.87. The van der Waals surface area contributed by atoms with E-state index in [0.29, 0.717) is 12.5 Å². The predicted molar refractivity (Wildman–Crippen MR) is 86.8 cm³/mol. The summed E-state index contributed by atoms with van der Waals surface area (Å²) in [6, 6.07) is 6.81. The SMILES string of the molecule is Cl.O=C(Cc1cccc(F)c1)N1CCC(N2CCNCC2)C1. The van der Waals surface area contributed by atoms with E-state index in [1.54, 1.807) is 6.07 Å². The summed E-state index contributed by atoms with van der Waals surface area (Å²) < 4.78 is 13.2. The normalized spacial score (nSPS) is 22.4. The molecular formula is C16H23ClFN3O. The Kier molecular flexibility index (Phi) is 6.17. The molecule has 2 aliphatic rings. The van der Waals surface area contributed by atoms with Gasteiger partial charge in [-0.05, 0) is 24.1 Å². The molecule has 2 fully saturated rings. The molecule has 0 bridgehead atoms. The van der Waals surface area contributed by atoms with E-state index in [4.69, 9.17) is 0 Å². The Morgan fingerprint density at radius 3 is 2.77 bits per heavy atom. The number of hydrogen-bond acceptors (Lipinski definition) is 3. The van der Waals surface area contributed by atoms with Gasteiger partial charge in [-0.1, -0.05) is 12.1 Å². The molecule has 1 aromatic carbocycles. The molecule has 0 saturated carbocycles. The molecule has 0 aliphatic carbocycles. The quantitative estimate of drug-likeness (QED) is 0.909. The van der Waals surface area contributed by atoms with Crippen molar-refractivity contribution in [3.05, 3.63) is 35.6 Å². The fourth-order valence-electron chi connectivity index (χ4n) is 3.25. The van der Waals surface area contributed by atoms with Gasteiger partial charge in [0.25, 0.3) is 0 Å². The monoisotopic (exact) mass is 327 g/mol. The molecule has 0 radical (unpaired) electrons. The Bertz CT molecular complexity index is 508. The molecular weight excluding hydrogens is 305 g/mol. The number of benzene rings is 1. The number of likely N-dealkylation sites (tertiary alicyclic amines) is 1. The highest BCUT2D eigenvalue weighted by Crippen LogP contribution is 2.17. The van der Waals surface area contributed by atoms with Gasteiger partial charge >= 0.3 is 0 Å². The van der Waals surface area contributed by atoms with E-state index in [1.807, 2.05) is 11.0 Å². The van der Waals surface area contributed by atoms with Crippen molar-refractivity contribution >= 4 is 18.3 Å². The molecule has 122 valence electrons. The third-order valence-corrected chi connectivity index (χ3v) is 4.43. The van der Waals surface area contributed by atoms with Crippen LogP contribution < -0.4 is 5.32 Å². The smallest absolute Gasteiger partial charge is 0.227 e. The first-order chi connectivity index (χ1) is 10.2. The summed E-state index contributed by atoms with van der Waals surface area (Å²) in [5.41, 5.74) is 0.755. The maximum Gasteiger partial charge on any atom is 0.227 e. The van der Waals surface area contributed by atoms with Crippen LogP contribution in [0.3, 0.4) is 0 Å². The number of halogens is 2. The summed E-state index contributed by atoms with van der Waals surface area (Å²) in [5.74, 6) is -0.168. The molecule has 1 aromatic rings. The van der Waals surface area contributed by atoms with Crippen LogP contribution in [0.5, 0.6) is 0 Å². The van der Waals surface area contributed by atoms with Gasteiger partial charge in [0.05, 0.1) is 6.42 Å². The van der Waals surface area contributed by atoms with Gasteiger partial charge < -0.3 is 10.2 Å². The number of nitrogens with one attached hydrogen (secondary N) is 1. The molecule has 1 atom stereocenters. The Labute approximate surface area is 137 Å². The Hall–Kier alpha value is -1.17. The number of rotatable bonds is 3. The van der Waals surface area contributed by atoms with E-state index >= 15 is 0 Å². The Morgan fingerprint density at radius 2 is 2.05 bits per heavy atom. The van der Waals surface area contributed by atoms with Crippen molar-refractivity contribution in [3.8, 4) is 0 Å². The van der Waals surface area contributed by atoms with Crippen LogP contribution in [0.4, 0.5) is 4.39 Å². The van der Waals surface area contributed by atoms with E-state index in [1.165, 1.54) is 12.1 Å². The van der Waals surface area contributed by atoms with Crippen molar-refractivity contribution in [1.82, 2.24) is 15.1 Å². The number of nitrogens with zero attached hydrogens (tertiary/aromatic N) is 2. The third-order valence-electron chi connectivity index (χ3n) is 4.43. The Morgan fingerprint density at radius 1 is 1.27 bits per heavy atom. The number of piperazine rings is 1. The second-order valence-corrected chi connectivity index (χ2v) is 5.87. The fraction of sp³-hybridized carbons (Fsp3) is 0.562. The lowest BCUT2D eigenvalue weighted by Crippen LogP contribution is -2.49. The molecule has 0 aromatic heterocycles. The van der Waals surface area contributed by atoms with Gasteiger partial charge in [0, 0.05) is 45.3 Å². The summed E-state index contributed by atoms with van der Waals surface area (Å²) >= 11 is 0. The van der Waals surface area contributed by atoms with Crippen LogP contribution in [0.25, 0.3) is 0 Å². The van der Waals surface area contributed by atoms with Crippen LogP contribution in [0, 0.1) is 5.82 Å². The average Bonchev–Trinajstić information content (AvgIpc) is 2.98. The van der Waals surface area contributed by atoms with Gasteiger partial charge in [-0.15, -0.1) is 12.4 Å². The summed E-state index contributed by atoms with van der Waals surface area (Å²) in [4.78, 5) is 16.7. The Balaban J connectivity index is 0.00000176. The molecule has 4 nitrogen and oxygen atoms in total. The molecule has 2 saturated heterocycles. The van der Waals surface area contributed by atoms with E-state index in [2.05, 4.69) is 10.2 Å². The van der Waals surface area contributed by atoms with E-state index in [9.17, 15) is 9.18 Å². The fourth-order valence-corrected chi connectivity index (χ4v) is 3.25. The second kappa shape index (κ2) is 7.90. The van der Waals surface area contributed by atoms with Gasteiger partial charge in [-0.25, -0.2) is 4.39 Å². The van der Waals surface area contributed by atoms with Crippen LogP contribution in [-0.2, 0) is 11.2 Å². The van der Waals surface area contributed by atoms with E-state index < -0.39 is 0 Å². The molecule has 22 heavy (non-hydrogen) atoms. The van der Waals surface area contributed by atoms with Gasteiger partial charge in [-0.2, -0.15) is 0 Å². The first-order valence-electron chi connectivity index (χ1n) is 7.69. The van der Waals surface area contributed by atoms with E-state index in [-0.39, 0.29) is 24.1 Å². The highest BCUT2D eigenvalue weighted by Gasteiger charge is 2.30. The van der Waals surface area contributed by atoms with Crippen LogP contribution >= 0.6 is 12.4 Å². The average molecular weight is 328 g/mol. The van der Waals surface area contributed by atoms with E-state index in [0.717, 1.165) is 51.3 Å². The highest BCUT2D eigenvalue weighted by molar-refractivity contribution is 5.85. The molecule has 2 aliphatic heterocycles. The number of carbonyl (C=O) groups excluding carboxylic acids is 1. The summed E-state index contributed by atoms with van der Waals surface area (Å²) in [5, 5.41) is 3.35. The molecule has 6 heteroatoms. The highest BCUT2D eigenvalue weighted by atomic mass is 35.5. The first-order valence-corrected chi connectivity index (χ1v) is 7.69. The zero-order chi connectivity index (χ0) is 14.7. The zero-order valence-corrected chi connectivity index (χ0v) is 13.4. The lowest BCUT2D eigenvalue weighted by molar-refractivity contribution is -0.129. The maximum atomic E-state index is 13.2. The minimum absolute atomic E-state index is 0. The number of hydrogen-bond donors (Lipinski definition) is 1. The number of amides is 1. The first kappa shape index (κ1) is 17.2. The lowest BCUT2D eigenvalue weighted by Gasteiger charge is -2.32. The van der Waals surface area contributed by atoms with Gasteiger partial charge in [0.15, 0.2) is 0 Å². The molecule has 1 N–H and O–H groups in total. The predicted octanol–water partition coefficient (Wildman–Crippen LogP) is 1.30. The van der Waals surface area contributed by atoms with Crippen molar-refractivity contribution in [2.45, 2.75) is 18.9 Å². The molecule has 2 heterocycles. The van der Waals surface area contributed by atoms with Gasteiger partial charge in [0.2, 0.25) is 5.91 Å². The molecule has 3 rings (SSSR count). The van der Waals surface area contributed by atoms with Crippen molar-refractivity contribution in [2.75, 3.05) is 39.3 Å². The maximum absolute atomic E-state index is 13.2. The third kappa shape index (κ3) is 4.18. The van der Waals surface area contributed by atoms with Crippen molar-refractivity contribution in [1.29, 1.82) is 0 Å². The van der Waals surface area contributed by atoms with Crippen molar-refractivity contribution in [3.63, 3.8) is 0 Å². The van der Waals surface area contributed by atoms with Gasteiger partial charge in [0.1, 0.15) is 5.82 Å².